The van der Waals surface area contributed by atoms with Gasteiger partial charge in [-0.2, -0.15) is 5.10 Å². The summed E-state index contributed by atoms with van der Waals surface area (Å²) in [5, 5.41) is 7.30. The molecule has 3 aromatic heterocycles. The molecule has 3 aromatic rings. The van der Waals surface area contributed by atoms with Crippen molar-refractivity contribution in [2.45, 2.75) is 26.2 Å². The number of nitrogens with zero attached hydrogens (tertiary/aromatic N) is 5. The summed E-state index contributed by atoms with van der Waals surface area (Å²) in [6.07, 6.45) is 4.63. The molecule has 7 nitrogen and oxygen atoms in total. The van der Waals surface area contributed by atoms with Crippen molar-refractivity contribution in [1.29, 1.82) is 0 Å². The quantitative estimate of drug-likeness (QED) is 0.785. The average Bonchev–Trinajstić information content (AvgIpc) is 2.88. The van der Waals surface area contributed by atoms with E-state index in [4.69, 9.17) is 0 Å². The number of hydrogen-bond acceptors (Lipinski definition) is 5. The highest BCUT2D eigenvalue weighted by molar-refractivity contribution is 6.04. The van der Waals surface area contributed by atoms with Crippen LogP contribution in [0.2, 0.25) is 0 Å². The molecule has 0 spiro atoms. The number of hydrogen-bond donors (Lipinski definition) is 1. The lowest BCUT2D eigenvalue weighted by molar-refractivity contribution is 0.102. The van der Waals surface area contributed by atoms with Crippen molar-refractivity contribution in [1.82, 2.24) is 24.7 Å². The van der Waals surface area contributed by atoms with Crippen molar-refractivity contribution in [3.05, 3.63) is 42.0 Å². The number of carbonyl (C=O) groups excluding carboxylic acids is 1. The minimum Gasteiger partial charge on any atom is -0.307 e. The summed E-state index contributed by atoms with van der Waals surface area (Å²) in [6, 6.07) is 3.55. The number of rotatable bonds is 2. The standard InChI is InChI=1S/C16H18N6O/c1-16(2,3)12-8-13(22(4)21-12)20-15(23)10-7-11-14(19-9-10)18-6-5-17-11/h5-9H,1-4H3,(H,20,23). The smallest absolute Gasteiger partial charge is 0.258 e. The van der Waals surface area contributed by atoms with Crippen molar-refractivity contribution in [2.24, 2.45) is 7.05 Å². The average molecular weight is 310 g/mol. The Kier molecular flexibility index (Phi) is 3.55. The third kappa shape index (κ3) is 3.03. The van der Waals surface area contributed by atoms with Gasteiger partial charge in [0.25, 0.3) is 5.91 Å². The number of aromatic nitrogens is 5. The molecule has 23 heavy (non-hydrogen) atoms. The molecular formula is C16H18N6O. The lowest BCUT2D eigenvalue weighted by Crippen LogP contribution is -2.15. The van der Waals surface area contributed by atoms with Crippen LogP contribution in [-0.2, 0) is 12.5 Å². The van der Waals surface area contributed by atoms with Crippen molar-refractivity contribution in [3.63, 3.8) is 0 Å². The van der Waals surface area contributed by atoms with Crippen molar-refractivity contribution in [2.75, 3.05) is 5.32 Å². The van der Waals surface area contributed by atoms with Gasteiger partial charge in [0.05, 0.1) is 11.3 Å². The van der Waals surface area contributed by atoms with Gasteiger partial charge in [-0.05, 0) is 6.07 Å². The first kappa shape index (κ1) is 15.1. The minimum atomic E-state index is -0.256. The van der Waals surface area contributed by atoms with Gasteiger partial charge in [-0.1, -0.05) is 20.8 Å². The summed E-state index contributed by atoms with van der Waals surface area (Å²) in [5.41, 5.74) is 2.36. The molecule has 3 rings (SSSR count). The van der Waals surface area contributed by atoms with E-state index in [2.05, 4.69) is 46.1 Å². The SMILES string of the molecule is Cn1nc(C(C)(C)C)cc1NC(=O)c1cnc2nccnc2c1. The van der Waals surface area contributed by atoms with E-state index in [0.717, 1.165) is 5.69 Å². The molecule has 0 unspecified atom stereocenters. The van der Waals surface area contributed by atoms with Crippen LogP contribution >= 0.6 is 0 Å². The molecule has 0 bridgehead atoms. The van der Waals surface area contributed by atoms with Crippen LogP contribution in [0.3, 0.4) is 0 Å². The molecule has 3 heterocycles. The third-order valence-electron chi connectivity index (χ3n) is 3.48. The summed E-state index contributed by atoms with van der Waals surface area (Å²) in [4.78, 5) is 24.8. The zero-order chi connectivity index (χ0) is 16.6. The Morgan fingerprint density at radius 1 is 1.13 bits per heavy atom. The Balaban J connectivity index is 1.87. The maximum absolute atomic E-state index is 12.4. The topological polar surface area (TPSA) is 85.6 Å². The second-order valence-corrected chi connectivity index (χ2v) is 6.37. The predicted molar refractivity (Wildman–Crippen MR) is 87.2 cm³/mol. The van der Waals surface area contributed by atoms with E-state index in [9.17, 15) is 4.79 Å². The normalized spacial score (nSPS) is 11.7. The van der Waals surface area contributed by atoms with Crippen LogP contribution in [0.4, 0.5) is 5.82 Å². The molecule has 0 saturated carbocycles. The lowest BCUT2D eigenvalue weighted by atomic mass is 9.92. The fourth-order valence-corrected chi connectivity index (χ4v) is 2.12. The van der Waals surface area contributed by atoms with Gasteiger partial charge in [-0.15, -0.1) is 0 Å². The fraction of sp³-hybridized carbons (Fsp3) is 0.312. The molecule has 0 atom stereocenters. The molecule has 0 fully saturated rings. The van der Waals surface area contributed by atoms with Crippen LogP contribution < -0.4 is 5.32 Å². The maximum Gasteiger partial charge on any atom is 0.258 e. The van der Waals surface area contributed by atoms with Crippen molar-refractivity contribution < 1.29 is 4.79 Å². The Hall–Kier alpha value is -2.83. The van der Waals surface area contributed by atoms with E-state index in [1.165, 1.54) is 6.20 Å². The van der Waals surface area contributed by atoms with Crippen LogP contribution in [0.1, 0.15) is 36.8 Å². The highest BCUT2D eigenvalue weighted by Crippen LogP contribution is 2.23. The Morgan fingerprint density at radius 2 is 1.87 bits per heavy atom. The van der Waals surface area contributed by atoms with Gasteiger partial charge < -0.3 is 5.32 Å². The van der Waals surface area contributed by atoms with E-state index in [-0.39, 0.29) is 11.3 Å². The Labute approximate surface area is 133 Å². The van der Waals surface area contributed by atoms with Crippen molar-refractivity contribution >= 4 is 22.9 Å². The monoisotopic (exact) mass is 310 g/mol. The first-order valence-corrected chi connectivity index (χ1v) is 7.27. The Bertz CT molecular complexity index is 878. The highest BCUT2D eigenvalue weighted by atomic mass is 16.1. The van der Waals surface area contributed by atoms with E-state index in [0.29, 0.717) is 22.5 Å². The van der Waals surface area contributed by atoms with Gasteiger partial charge >= 0.3 is 0 Å². The molecule has 0 aliphatic rings. The summed E-state index contributed by atoms with van der Waals surface area (Å²) >= 11 is 0. The van der Waals surface area contributed by atoms with Gasteiger partial charge in [-0.3, -0.25) is 14.5 Å². The number of nitrogens with one attached hydrogen (secondary N) is 1. The number of amides is 1. The van der Waals surface area contributed by atoms with Gasteiger partial charge in [0.15, 0.2) is 5.65 Å². The summed E-state index contributed by atoms with van der Waals surface area (Å²) in [6.45, 7) is 6.23. The van der Waals surface area contributed by atoms with Crippen LogP contribution in [0.15, 0.2) is 30.7 Å². The van der Waals surface area contributed by atoms with Crippen LogP contribution in [0, 0.1) is 0 Å². The van der Waals surface area contributed by atoms with Crippen LogP contribution in [-0.4, -0.2) is 30.6 Å². The number of anilines is 1. The molecule has 0 aliphatic heterocycles. The zero-order valence-electron chi connectivity index (χ0n) is 13.5. The van der Waals surface area contributed by atoms with E-state index in [1.54, 1.807) is 30.2 Å². The van der Waals surface area contributed by atoms with E-state index >= 15 is 0 Å². The second-order valence-electron chi connectivity index (χ2n) is 6.37. The summed E-state index contributed by atoms with van der Waals surface area (Å²) in [7, 11) is 1.80. The van der Waals surface area contributed by atoms with Crippen molar-refractivity contribution in [3.8, 4) is 0 Å². The first-order valence-electron chi connectivity index (χ1n) is 7.27. The van der Waals surface area contributed by atoms with Gasteiger partial charge in [-0.25, -0.2) is 9.97 Å². The highest BCUT2D eigenvalue weighted by Gasteiger charge is 2.20. The van der Waals surface area contributed by atoms with E-state index < -0.39 is 0 Å². The largest absolute Gasteiger partial charge is 0.307 e. The zero-order valence-corrected chi connectivity index (χ0v) is 13.5. The second kappa shape index (κ2) is 5.42. The molecule has 0 radical (unpaired) electrons. The maximum atomic E-state index is 12.4. The molecule has 1 N–H and O–H groups in total. The third-order valence-corrected chi connectivity index (χ3v) is 3.48. The molecule has 1 amide bonds. The summed E-state index contributed by atoms with van der Waals surface area (Å²) in [5.74, 6) is 0.382. The fourth-order valence-electron chi connectivity index (χ4n) is 2.12. The molecule has 0 aromatic carbocycles. The van der Waals surface area contributed by atoms with Gasteiger partial charge in [0.2, 0.25) is 0 Å². The van der Waals surface area contributed by atoms with Gasteiger partial charge in [0.1, 0.15) is 11.3 Å². The minimum absolute atomic E-state index is 0.0825. The molecule has 0 aliphatic carbocycles. The molecule has 7 heteroatoms. The molecule has 0 saturated heterocycles. The number of pyridine rings is 1. The van der Waals surface area contributed by atoms with Crippen LogP contribution in [0.25, 0.3) is 11.2 Å². The van der Waals surface area contributed by atoms with Gasteiger partial charge in [0, 0.05) is 37.1 Å². The number of aryl methyl sites for hydroxylation is 1. The first-order chi connectivity index (χ1) is 10.8. The summed E-state index contributed by atoms with van der Waals surface area (Å²) < 4.78 is 1.66. The Morgan fingerprint density at radius 3 is 2.57 bits per heavy atom. The van der Waals surface area contributed by atoms with E-state index in [1.807, 2.05) is 6.07 Å². The number of fused-ring (bicyclic) bond motifs is 1. The molecule has 118 valence electrons. The van der Waals surface area contributed by atoms with Crippen LogP contribution in [0.5, 0.6) is 0 Å². The predicted octanol–water partition coefficient (Wildman–Crippen LogP) is 2.31. The molecular weight excluding hydrogens is 292 g/mol. The number of carbonyl (C=O) groups is 1. The lowest BCUT2D eigenvalue weighted by Gasteiger charge is -2.13.